The molecule has 1 aromatic heterocycles. The van der Waals surface area contributed by atoms with Crippen molar-refractivity contribution in [3.63, 3.8) is 0 Å². The number of benzene rings is 2. The van der Waals surface area contributed by atoms with Gasteiger partial charge in [-0.2, -0.15) is 0 Å². The van der Waals surface area contributed by atoms with Crippen LogP contribution in [0, 0.1) is 17.5 Å². The number of pyridine rings is 1. The number of hydrogen-bond donors (Lipinski definition) is 1. The summed E-state index contributed by atoms with van der Waals surface area (Å²) in [5.74, 6) is -2.83. The molecule has 2 aromatic carbocycles. The number of nitrogens with zero attached hydrogens (tertiary/aromatic N) is 1. The molecule has 4 nitrogen and oxygen atoms in total. The summed E-state index contributed by atoms with van der Waals surface area (Å²) in [6.07, 6.45) is 0.390. The molecule has 0 saturated carbocycles. The zero-order valence-corrected chi connectivity index (χ0v) is 15.7. The van der Waals surface area contributed by atoms with Crippen LogP contribution in [0.1, 0.15) is 16.8 Å². The lowest BCUT2D eigenvalue weighted by Gasteiger charge is -2.14. The first-order valence-electron chi connectivity index (χ1n) is 7.95. The van der Waals surface area contributed by atoms with Crippen molar-refractivity contribution in [2.75, 3.05) is 0 Å². The van der Waals surface area contributed by atoms with E-state index in [1.165, 1.54) is 24.3 Å². The summed E-state index contributed by atoms with van der Waals surface area (Å²) in [4.78, 5) is 2.68. The normalized spacial score (nSPS) is 11.6. The smallest absolute Gasteiger partial charge is 0.209 e. The number of sulfone groups is 1. The van der Waals surface area contributed by atoms with E-state index in [4.69, 9.17) is 11.6 Å². The fourth-order valence-corrected chi connectivity index (χ4v) is 4.41. The first-order valence-corrected chi connectivity index (χ1v) is 9.82. The minimum atomic E-state index is -4.43. The molecule has 28 heavy (non-hydrogen) atoms. The summed E-state index contributed by atoms with van der Waals surface area (Å²) in [6, 6.07) is 7.50. The molecule has 0 bridgehead atoms. The molecule has 0 saturated heterocycles. The van der Waals surface area contributed by atoms with Gasteiger partial charge in [-0.3, -0.25) is 4.98 Å². The van der Waals surface area contributed by atoms with Gasteiger partial charge in [-0.1, -0.05) is 11.6 Å². The molecule has 0 amide bonds. The van der Waals surface area contributed by atoms with E-state index < -0.39 is 50.8 Å². The third-order valence-electron chi connectivity index (χ3n) is 4.09. The SMILES string of the molecule is O=S(=O)(c1ccc(Cl)cc1)c1c(F)ccc(F)c1Cc1ncc(F)cc1CO. The van der Waals surface area contributed by atoms with Crippen LogP contribution in [0.2, 0.25) is 5.02 Å². The zero-order valence-electron chi connectivity index (χ0n) is 14.2. The highest BCUT2D eigenvalue weighted by atomic mass is 35.5. The Balaban J connectivity index is 2.19. The summed E-state index contributed by atoms with van der Waals surface area (Å²) in [5.41, 5.74) is -0.400. The van der Waals surface area contributed by atoms with Gasteiger partial charge >= 0.3 is 0 Å². The van der Waals surface area contributed by atoms with Gasteiger partial charge in [0.05, 0.1) is 23.4 Å². The maximum atomic E-state index is 14.5. The molecule has 0 atom stereocenters. The Kier molecular flexibility index (Phi) is 5.74. The number of aliphatic hydroxyl groups excluding tert-OH is 1. The Morgan fingerprint density at radius 1 is 1.00 bits per heavy atom. The van der Waals surface area contributed by atoms with E-state index in [1.807, 2.05) is 0 Å². The van der Waals surface area contributed by atoms with Crippen LogP contribution in [0.25, 0.3) is 0 Å². The zero-order chi connectivity index (χ0) is 20.5. The second-order valence-corrected chi connectivity index (χ2v) is 8.21. The predicted molar refractivity (Wildman–Crippen MR) is 96.2 cm³/mol. The summed E-state index contributed by atoms with van der Waals surface area (Å²) < 4.78 is 68.3. The van der Waals surface area contributed by atoms with Crippen LogP contribution in [0.5, 0.6) is 0 Å². The summed E-state index contributed by atoms with van der Waals surface area (Å²) in [6.45, 7) is -0.601. The Labute approximate surface area is 164 Å². The maximum absolute atomic E-state index is 14.5. The van der Waals surface area contributed by atoms with Crippen molar-refractivity contribution in [1.29, 1.82) is 0 Å². The molecular weight excluding hydrogens is 415 g/mol. The Morgan fingerprint density at radius 3 is 2.29 bits per heavy atom. The van der Waals surface area contributed by atoms with E-state index in [0.29, 0.717) is 6.07 Å². The van der Waals surface area contributed by atoms with Crippen molar-refractivity contribution in [3.8, 4) is 0 Å². The molecule has 0 fully saturated rings. The Bertz CT molecular complexity index is 1140. The standard InChI is InChI=1S/C19H13ClF3NO3S/c20-12-1-3-14(4-2-12)28(26,27)19-15(16(22)5-6-17(19)23)8-18-11(10-25)7-13(21)9-24-18/h1-7,9,25H,8,10H2. The number of aliphatic hydroxyl groups is 1. The van der Waals surface area contributed by atoms with Crippen molar-refractivity contribution in [2.24, 2.45) is 0 Å². The van der Waals surface area contributed by atoms with Crippen molar-refractivity contribution in [1.82, 2.24) is 4.98 Å². The molecule has 1 heterocycles. The van der Waals surface area contributed by atoms with Crippen LogP contribution >= 0.6 is 11.6 Å². The number of halogens is 4. The second kappa shape index (κ2) is 7.90. The molecule has 0 spiro atoms. The van der Waals surface area contributed by atoms with Crippen molar-refractivity contribution < 1.29 is 26.7 Å². The average Bonchev–Trinajstić information content (AvgIpc) is 2.66. The first-order chi connectivity index (χ1) is 13.2. The lowest BCUT2D eigenvalue weighted by atomic mass is 10.0. The summed E-state index contributed by atoms with van der Waals surface area (Å²) in [7, 11) is -4.43. The van der Waals surface area contributed by atoms with Crippen molar-refractivity contribution >= 4 is 21.4 Å². The van der Waals surface area contributed by atoms with Crippen LogP contribution in [-0.4, -0.2) is 18.5 Å². The number of aromatic nitrogens is 1. The van der Waals surface area contributed by atoms with Crippen LogP contribution < -0.4 is 0 Å². The molecule has 3 rings (SSSR count). The molecule has 9 heteroatoms. The van der Waals surface area contributed by atoms with E-state index >= 15 is 0 Å². The molecular formula is C19H13ClF3NO3S. The largest absolute Gasteiger partial charge is 0.392 e. The van der Waals surface area contributed by atoms with Crippen LogP contribution in [-0.2, 0) is 22.9 Å². The molecule has 0 aliphatic rings. The van der Waals surface area contributed by atoms with Gasteiger partial charge in [0, 0.05) is 22.6 Å². The highest BCUT2D eigenvalue weighted by molar-refractivity contribution is 7.91. The predicted octanol–water partition coefficient (Wildman–Crippen LogP) is 4.07. The van der Waals surface area contributed by atoms with E-state index in [-0.39, 0.29) is 21.2 Å². The lowest BCUT2D eigenvalue weighted by Crippen LogP contribution is -2.12. The summed E-state index contributed by atoms with van der Waals surface area (Å²) >= 11 is 5.76. The third kappa shape index (κ3) is 3.89. The Morgan fingerprint density at radius 2 is 1.64 bits per heavy atom. The molecule has 0 unspecified atom stereocenters. The van der Waals surface area contributed by atoms with Gasteiger partial charge in [0.15, 0.2) is 0 Å². The first kappa shape index (κ1) is 20.3. The van der Waals surface area contributed by atoms with Gasteiger partial charge in [-0.05, 0) is 42.5 Å². The highest BCUT2D eigenvalue weighted by Crippen LogP contribution is 2.31. The van der Waals surface area contributed by atoms with Gasteiger partial charge in [0.2, 0.25) is 9.84 Å². The molecule has 0 aliphatic carbocycles. The van der Waals surface area contributed by atoms with Crippen LogP contribution in [0.15, 0.2) is 58.5 Å². The topological polar surface area (TPSA) is 67.3 Å². The minimum Gasteiger partial charge on any atom is -0.392 e. The van der Waals surface area contributed by atoms with Gasteiger partial charge in [-0.25, -0.2) is 21.6 Å². The highest BCUT2D eigenvalue weighted by Gasteiger charge is 2.28. The van der Waals surface area contributed by atoms with E-state index in [2.05, 4.69) is 4.98 Å². The molecule has 0 radical (unpaired) electrons. The van der Waals surface area contributed by atoms with Gasteiger partial charge in [-0.15, -0.1) is 0 Å². The van der Waals surface area contributed by atoms with Crippen molar-refractivity contribution in [2.45, 2.75) is 22.8 Å². The van der Waals surface area contributed by atoms with Gasteiger partial charge in [0.1, 0.15) is 22.3 Å². The average molecular weight is 428 g/mol. The fraction of sp³-hybridized carbons (Fsp3) is 0.105. The molecule has 146 valence electrons. The fourth-order valence-electron chi connectivity index (χ4n) is 2.74. The molecule has 3 aromatic rings. The van der Waals surface area contributed by atoms with Gasteiger partial charge < -0.3 is 5.11 Å². The Hall–Kier alpha value is -2.42. The monoisotopic (exact) mass is 427 g/mol. The molecule has 0 aliphatic heterocycles. The van der Waals surface area contributed by atoms with E-state index in [0.717, 1.165) is 18.3 Å². The maximum Gasteiger partial charge on any atom is 0.209 e. The molecule has 1 N–H and O–H groups in total. The summed E-state index contributed by atoms with van der Waals surface area (Å²) in [5, 5.41) is 9.65. The lowest BCUT2D eigenvalue weighted by molar-refractivity contribution is 0.279. The second-order valence-electron chi connectivity index (χ2n) is 5.89. The third-order valence-corrected chi connectivity index (χ3v) is 6.21. The van der Waals surface area contributed by atoms with E-state index in [9.17, 15) is 26.7 Å². The van der Waals surface area contributed by atoms with Crippen LogP contribution in [0.4, 0.5) is 13.2 Å². The van der Waals surface area contributed by atoms with E-state index in [1.54, 1.807) is 0 Å². The van der Waals surface area contributed by atoms with Crippen molar-refractivity contribution in [3.05, 3.63) is 88.0 Å². The minimum absolute atomic E-state index is 0.0287. The van der Waals surface area contributed by atoms with Crippen LogP contribution in [0.3, 0.4) is 0 Å². The number of hydrogen-bond acceptors (Lipinski definition) is 4. The number of rotatable bonds is 5. The quantitative estimate of drug-likeness (QED) is 0.666. The van der Waals surface area contributed by atoms with Gasteiger partial charge in [0.25, 0.3) is 0 Å².